The van der Waals surface area contributed by atoms with Crippen LogP contribution in [0.1, 0.15) is 62.5 Å². The molecule has 218 valence electrons. The third-order valence-corrected chi connectivity index (χ3v) is 9.58. The maximum absolute atomic E-state index is 14.3. The van der Waals surface area contributed by atoms with Crippen molar-refractivity contribution in [2.45, 2.75) is 56.3 Å². The van der Waals surface area contributed by atoms with E-state index >= 15 is 0 Å². The van der Waals surface area contributed by atoms with Gasteiger partial charge in [0, 0.05) is 6.26 Å². The van der Waals surface area contributed by atoms with Gasteiger partial charge in [-0.2, -0.15) is 8.42 Å². The molecular formula is C28H40ClFN2O5S2. The van der Waals surface area contributed by atoms with Gasteiger partial charge in [0.25, 0.3) is 0 Å². The van der Waals surface area contributed by atoms with Crippen LogP contribution in [0.15, 0.2) is 41.3 Å². The molecule has 2 aliphatic heterocycles. The summed E-state index contributed by atoms with van der Waals surface area (Å²) >= 11 is 6.32. The van der Waals surface area contributed by atoms with Crippen LogP contribution in [-0.4, -0.2) is 78.4 Å². The first-order valence-electron chi connectivity index (χ1n) is 13.4. The highest BCUT2D eigenvalue weighted by molar-refractivity contribution is 7.90. The number of piperidine rings is 2. The first kappa shape index (κ1) is 31.8. The highest BCUT2D eigenvalue weighted by Gasteiger charge is 2.26. The average Bonchev–Trinajstić information content (AvgIpc) is 2.89. The number of sulfone groups is 1. The number of hydrogen-bond donors (Lipinski definition) is 0. The van der Waals surface area contributed by atoms with Crippen LogP contribution >= 0.6 is 11.6 Å². The van der Waals surface area contributed by atoms with Gasteiger partial charge >= 0.3 is 10.1 Å². The number of halogens is 2. The largest absolute Gasteiger partial charge is 0.381 e. The van der Waals surface area contributed by atoms with Gasteiger partial charge in [-0.3, -0.25) is 0 Å². The summed E-state index contributed by atoms with van der Waals surface area (Å²) in [5.41, 5.74) is 1.54. The summed E-state index contributed by atoms with van der Waals surface area (Å²) in [5, 5.41) is 0.424. The lowest BCUT2D eigenvalue weighted by molar-refractivity contribution is 0.220. The van der Waals surface area contributed by atoms with E-state index in [2.05, 4.69) is 23.6 Å². The van der Waals surface area contributed by atoms with Gasteiger partial charge in [0.15, 0.2) is 15.6 Å². The summed E-state index contributed by atoms with van der Waals surface area (Å²) in [6, 6.07) is 10.1. The summed E-state index contributed by atoms with van der Waals surface area (Å²) in [7, 11) is -7.05. The second kappa shape index (κ2) is 13.8. The lowest BCUT2D eigenvalue weighted by atomic mass is 9.89. The molecule has 0 aromatic heterocycles. The zero-order valence-corrected chi connectivity index (χ0v) is 25.6. The van der Waals surface area contributed by atoms with Gasteiger partial charge in [0.2, 0.25) is 0 Å². The Hall–Kier alpha value is -1.72. The molecule has 11 heteroatoms. The van der Waals surface area contributed by atoms with E-state index in [1.807, 2.05) is 6.07 Å². The quantitative estimate of drug-likeness (QED) is 0.397. The molecule has 4 rings (SSSR count). The van der Waals surface area contributed by atoms with Crippen molar-refractivity contribution in [3.8, 4) is 5.75 Å². The van der Waals surface area contributed by atoms with E-state index in [1.165, 1.54) is 6.07 Å². The van der Waals surface area contributed by atoms with E-state index < -0.39 is 25.8 Å². The first-order chi connectivity index (χ1) is 18.3. The Morgan fingerprint density at radius 1 is 0.821 bits per heavy atom. The fraction of sp³-hybridized carbons (Fsp3) is 0.571. The Bertz CT molecular complexity index is 1320. The Kier molecular flexibility index (Phi) is 11.2. The first-order valence-corrected chi connectivity index (χ1v) is 17.5. The maximum atomic E-state index is 14.3. The van der Waals surface area contributed by atoms with Gasteiger partial charge in [0.1, 0.15) is 10.7 Å². The second-order valence-electron chi connectivity index (χ2n) is 10.3. The van der Waals surface area contributed by atoms with Crippen LogP contribution in [0.5, 0.6) is 5.75 Å². The van der Waals surface area contributed by atoms with Crippen molar-refractivity contribution in [3.05, 3.63) is 58.4 Å². The number of likely N-dealkylation sites (tertiary alicyclic amines) is 2. The molecular weight excluding hydrogens is 563 g/mol. The van der Waals surface area contributed by atoms with Crippen molar-refractivity contribution in [2.24, 2.45) is 0 Å². The molecule has 2 aromatic rings. The van der Waals surface area contributed by atoms with E-state index in [9.17, 15) is 21.2 Å². The number of hydrogen-bond acceptors (Lipinski definition) is 7. The molecule has 2 aromatic carbocycles. The average molecular weight is 603 g/mol. The topological polar surface area (TPSA) is 84.0 Å². The molecule has 0 radical (unpaired) electrons. The van der Waals surface area contributed by atoms with Crippen LogP contribution in [-0.2, 0) is 20.0 Å². The van der Waals surface area contributed by atoms with Crippen LogP contribution in [0.4, 0.5) is 4.39 Å². The number of rotatable bonds is 7. The molecule has 39 heavy (non-hydrogen) atoms. The Balaban J connectivity index is 0.000000216. The van der Waals surface area contributed by atoms with Gasteiger partial charge in [-0.15, -0.1) is 0 Å². The second-order valence-corrected chi connectivity index (χ2v) is 14.2. The standard InChI is InChI=1S/C14H20ClNO3S.C14H20FNO2S/c1-3-16-9-7-11(8-10-16)12-5-4-6-13(14(12)15)19-20(2,17)18;1-3-16-9-7-11(8-10-16)12-5-4-6-13(14(12)15)19(2,17)18/h4-6,11H,3,7-10H2,1-2H3;4-6,11H,3,7-10H2,1-2H3. The highest BCUT2D eigenvalue weighted by atomic mass is 35.5. The fourth-order valence-corrected chi connectivity index (χ4v) is 6.92. The lowest BCUT2D eigenvalue weighted by Crippen LogP contribution is -2.32. The maximum Gasteiger partial charge on any atom is 0.306 e. The van der Waals surface area contributed by atoms with Crippen molar-refractivity contribution in [3.63, 3.8) is 0 Å². The van der Waals surface area contributed by atoms with Gasteiger partial charge in [-0.1, -0.05) is 49.7 Å². The van der Waals surface area contributed by atoms with E-state index in [0.29, 0.717) is 16.5 Å². The third-order valence-electron chi connectivity index (χ3n) is 7.58. The van der Waals surface area contributed by atoms with Crippen LogP contribution in [0, 0.1) is 5.82 Å². The highest BCUT2D eigenvalue weighted by Crippen LogP contribution is 2.38. The minimum Gasteiger partial charge on any atom is -0.381 e. The molecule has 0 N–H and O–H groups in total. The zero-order chi connectivity index (χ0) is 28.8. The van der Waals surface area contributed by atoms with Gasteiger partial charge < -0.3 is 14.0 Å². The van der Waals surface area contributed by atoms with Crippen molar-refractivity contribution < 1.29 is 25.4 Å². The van der Waals surface area contributed by atoms with Crippen molar-refractivity contribution in [2.75, 3.05) is 51.8 Å². The Labute approximate surface area is 238 Å². The fourth-order valence-electron chi connectivity index (χ4n) is 5.32. The van der Waals surface area contributed by atoms with Crippen molar-refractivity contribution >= 4 is 31.6 Å². The lowest BCUT2D eigenvalue weighted by Gasteiger charge is -2.31. The number of benzene rings is 2. The minimum absolute atomic E-state index is 0.129. The van der Waals surface area contributed by atoms with E-state index in [1.54, 1.807) is 24.3 Å². The molecule has 0 spiro atoms. The minimum atomic E-state index is -3.55. The molecule has 2 fully saturated rings. The van der Waals surface area contributed by atoms with Crippen molar-refractivity contribution in [1.29, 1.82) is 0 Å². The zero-order valence-electron chi connectivity index (χ0n) is 23.2. The van der Waals surface area contributed by atoms with Gasteiger partial charge in [-0.05, 0) is 100 Å². The molecule has 0 aliphatic carbocycles. The Morgan fingerprint density at radius 2 is 1.28 bits per heavy atom. The van der Waals surface area contributed by atoms with Crippen molar-refractivity contribution in [1.82, 2.24) is 9.80 Å². The predicted molar refractivity (Wildman–Crippen MR) is 155 cm³/mol. The van der Waals surface area contributed by atoms with Crippen LogP contribution in [0.3, 0.4) is 0 Å². The van der Waals surface area contributed by atoms with Crippen LogP contribution < -0.4 is 4.18 Å². The summed E-state index contributed by atoms with van der Waals surface area (Å²) in [6.07, 6.45) is 5.92. The molecule has 0 bridgehead atoms. The molecule has 2 saturated heterocycles. The monoisotopic (exact) mass is 602 g/mol. The summed E-state index contributed by atoms with van der Waals surface area (Å²) in [6.45, 7) is 10.4. The van der Waals surface area contributed by atoms with E-state index in [-0.39, 0.29) is 16.6 Å². The molecule has 0 saturated carbocycles. The third kappa shape index (κ3) is 8.88. The van der Waals surface area contributed by atoms with Crippen LogP contribution in [0.25, 0.3) is 0 Å². The van der Waals surface area contributed by atoms with E-state index in [4.69, 9.17) is 15.8 Å². The molecule has 2 aliphatic rings. The summed E-state index contributed by atoms with van der Waals surface area (Å²) in [5.74, 6) is 0.169. The molecule has 7 nitrogen and oxygen atoms in total. The Morgan fingerprint density at radius 3 is 1.74 bits per heavy atom. The molecule has 0 atom stereocenters. The van der Waals surface area contributed by atoms with E-state index in [0.717, 1.165) is 83.0 Å². The van der Waals surface area contributed by atoms with Crippen LogP contribution in [0.2, 0.25) is 5.02 Å². The SMILES string of the molecule is CCN1CCC(c2cccc(OS(C)(=O)=O)c2Cl)CC1.CCN1CCC(c2cccc(S(C)(=O)=O)c2F)CC1. The molecule has 0 unspecified atom stereocenters. The van der Waals surface area contributed by atoms with Gasteiger partial charge in [0.05, 0.1) is 11.3 Å². The number of nitrogens with zero attached hydrogens (tertiary/aromatic N) is 2. The molecule has 2 heterocycles. The van der Waals surface area contributed by atoms with Gasteiger partial charge in [-0.25, -0.2) is 12.8 Å². The predicted octanol–water partition coefficient (Wildman–Crippen LogP) is 5.31. The summed E-state index contributed by atoms with van der Waals surface area (Å²) < 4.78 is 64.8. The molecule has 0 amide bonds. The summed E-state index contributed by atoms with van der Waals surface area (Å²) in [4.78, 5) is 4.55. The smallest absolute Gasteiger partial charge is 0.306 e. The normalized spacial score (nSPS) is 18.4.